The molecular weight excluding hydrogens is 366 g/mol. The second kappa shape index (κ2) is 8.26. The van der Waals surface area contributed by atoms with E-state index in [0.717, 1.165) is 15.8 Å². The summed E-state index contributed by atoms with van der Waals surface area (Å²) in [5, 5.41) is 16.3. The summed E-state index contributed by atoms with van der Waals surface area (Å²) < 4.78 is 6.76. The molecule has 2 heterocycles. The first-order valence-corrected chi connectivity index (χ1v) is 9.58. The highest BCUT2D eigenvalue weighted by Crippen LogP contribution is 2.20. The van der Waals surface area contributed by atoms with Crippen molar-refractivity contribution in [1.29, 1.82) is 0 Å². The number of rotatable bonds is 7. The number of aryl methyl sites for hydroxylation is 1. The Labute approximate surface area is 160 Å². The van der Waals surface area contributed by atoms with Crippen LogP contribution in [-0.2, 0) is 16.0 Å². The van der Waals surface area contributed by atoms with Crippen LogP contribution >= 0.6 is 11.3 Å². The Bertz CT molecular complexity index is 963. The van der Waals surface area contributed by atoms with Crippen molar-refractivity contribution in [3.05, 3.63) is 40.7 Å². The summed E-state index contributed by atoms with van der Waals surface area (Å²) in [5.74, 6) is 0.378. The minimum absolute atomic E-state index is 0.193. The van der Waals surface area contributed by atoms with Crippen LogP contribution < -0.4 is 5.32 Å². The summed E-state index contributed by atoms with van der Waals surface area (Å²) in [4.78, 5) is 25.0. The molecule has 0 aliphatic carbocycles. The van der Waals surface area contributed by atoms with Gasteiger partial charge in [-0.05, 0) is 19.1 Å². The average Bonchev–Trinajstić information content (AvgIpc) is 3.20. The molecule has 8 nitrogen and oxygen atoms in total. The van der Waals surface area contributed by atoms with Crippen molar-refractivity contribution >= 4 is 33.9 Å². The smallest absolute Gasteiger partial charge is 0.340 e. The number of amides is 1. The molecule has 0 atom stereocenters. The van der Waals surface area contributed by atoms with Crippen LogP contribution in [0.4, 0.5) is 5.69 Å². The van der Waals surface area contributed by atoms with E-state index in [9.17, 15) is 9.59 Å². The summed E-state index contributed by atoms with van der Waals surface area (Å²) in [5.41, 5.74) is 0.786. The standard InChI is InChI=1S/C18H21N5O3S/c1-4-26-17(25)12-7-5-6-8-13(12)19-14(24)9-10-15-22-23-16(11(2)3)20-21-18(23)27-15/h5-8,11H,4,9-10H2,1-3H3,(H,19,24). The Morgan fingerprint density at radius 1 is 1.26 bits per heavy atom. The lowest BCUT2D eigenvalue weighted by Gasteiger charge is -2.09. The first kappa shape index (κ1) is 19.0. The first-order valence-electron chi connectivity index (χ1n) is 8.76. The fraction of sp³-hybridized carbons (Fsp3) is 0.389. The topological polar surface area (TPSA) is 98.5 Å². The zero-order valence-corrected chi connectivity index (χ0v) is 16.2. The third-order valence-corrected chi connectivity index (χ3v) is 4.79. The molecule has 9 heteroatoms. The second-order valence-electron chi connectivity index (χ2n) is 6.22. The number of anilines is 1. The highest BCUT2D eigenvalue weighted by molar-refractivity contribution is 7.16. The number of carbonyl (C=O) groups excluding carboxylic acids is 2. The Morgan fingerprint density at radius 2 is 2.04 bits per heavy atom. The molecule has 0 fully saturated rings. The van der Waals surface area contributed by atoms with Gasteiger partial charge in [0.1, 0.15) is 5.01 Å². The van der Waals surface area contributed by atoms with Crippen LogP contribution in [0, 0.1) is 0 Å². The van der Waals surface area contributed by atoms with Gasteiger partial charge in [-0.15, -0.1) is 10.2 Å². The molecule has 0 saturated carbocycles. The van der Waals surface area contributed by atoms with Crippen LogP contribution in [0.5, 0.6) is 0 Å². The van der Waals surface area contributed by atoms with Crippen molar-refractivity contribution in [3.63, 3.8) is 0 Å². The van der Waals surface area contributed by atoms with E-state index < -0.39 is 5.97 Å². The van der Waals surface area contributed by atoms with Crippen LogP contribution in [0.1, 0.15) is 54.3 Å². The molecule has 1 aromatic carbocycles. The van der Waals surface area contributed by atoms with E-state index in [-0.39, 0.29) is 24.9 Å². The summed E-state index contributed by atoms with van der Waals surface area (Å²) in [6.07, 6.45) is 0.733. The maximum atomic E-state index is 12.3. The molecule has 0 saturated heterocycles. The number of fused-ring (bicyclic) bond motifs is 1. The normalized spacial score (nSPS) is 11.1. The van der Waals surface area contributed by atoms with Gasteiger partial charge in [-0.1, -0.05) is 37.3 Å². The second-order valence-corrected chi connectivity index (χ2v) is 7.26. The zero-order chi connectivity index (χ0) is 19.4. The van der Waals surface area contributed by atoms with E-state index in [4.69, 9.17) is 4.74 Å². The molecule has 1 amide bonds. The van der Waals surface area contributed by atoms with Crippen molar-refractivity contribution in [3.8, 4) is 0 Å². The Morgan fingerprint density at radius 3 is 2.78 bits per heavy atom. The molecule has 0 aliphatic heterocycles. The third-order valence-electron chi connectivity index (χ3n) is 3.84. The van der Waals surface area contributed by atoms with Crippen LogP contribution in [0.3, 0.4) is 0 Å². The molecule has 3 rings (SSSR count). The van der Waals surface area contributed by atoms with Gasteiger partial charge >= 0.3 is 5.97 Å². The van der Waals surface area contributed by atoms with Crippen LogP contribution in [0.2, 0.25) is 0 Å². The van der Waals surface area contributed by atoms with Gasteiger partial charge in [0.15, 0.2) is 5.82 Å². The molecule has 142 valence electrons. The largest absolute Gasteiger partial charge is 0.462 e. The monoisotopic (exact) mass is 387 g/mol. The predicted octanol–water partition coefficient (Wildman–Crippen LogP) is 3.06. The van der Waals surface area contributed by atoms with E-state index in [1.165, 1.54) is 11.3 Å². The fourth-order valence-corrected chi connectivity index (χ4v) is 3.38. The quantitative estimate of drug-likeness (QED) is 0.626. The molecule has 27 heavy (non-hydrogen) atoms. The van der Waals surface area contributed by atoms with Gasteiger partial charge in [0.25, 0.3) is 0 Å². The fourth-order valence-electron chi connectivity index (χ4n) is 2.54. The summed E-state index contributed by atoms with van der Waals surface area (Å²) in [6, 6.07) is 6.80. The Hall–Kier alpha value is -2.81. The van der Waals surface area contributed by atoms with Crippen molar-refractivity contribution < 1.29 is 14.3 Å². The Balaban J connectivity index is 1.64. The number of para-hydroxylation sites is 1. The number of esters is 1. The number of aromatic nitrogens is 4. The van der Waals surface area contributed by atoms with Crippen molar-refractivity contribution in [2.75, 3.05) is 11.9 Å². The van der Waals surface area contributed by atoms with Crippen LogP contribution in [0.15, 0.2) is 24.3 Å². The number of hydrogen-bond acceptors (Lipinski definition) is 7. The number of nitrogens with zero attached hydrogens (tertiary/aromatic N) is 4. The van der Waals surface area contributed by atoms with Crippen LogP contribution in [-0.4, -0.2) is 38.3 Å². The maximum Gasteiger partial charge on any atom is 0.340 e. The number of nitrogens with one attached hydrogen (secondary N) is 1. The SMILES string of the molecule is CCOC(=O)c1ccccc1NC(=O)CCc1nn2c(C(C)C)nnc2s1. The number of hydrogen-bond donors (Lipinski definition) is 1. The van der Waals surface area contributed by atoms with Gasteiger partial charge in [-0.25, -0.2) is 4.79 Å². The molecule has 0 aliphatic rings. The van der Waals surface area contributed by atoms with Gasteiger partial charge in [-0.2, -0.15) is 9.61 Å². The summed E-state index contributed by atoms with van der Waals surface area (Å²) >= 11 is 1.42. The lowest BCUT2D eigenvalue weighted by Crippen LogP contribution is -2.16. The molecule has 2 aromatic heterocycles. The van der Waals surface area contributed by atoms with Crippen molar-refractivity contribution in [2.45, 2.75) is 39.5 Å². The van der Waals surface area contributed by atoms with E-state index in [1.54, 1.807) is 35.7 Å². The van der Waals surface area contributed by atoms with E-state index in [1.807, 2.05) is 13.8 Å². The molecular formula is C18H21N5O3S. The highest BCUT2D eigenvalue weighted by Gasteiger charge is 2.16. The van der Waals surface area contributed by atoms with Gasteiger partial charge < -0.3 is 10.1 Å². The van der Waals surface area contributed by atoms with Crippen molar-refractivity contribution in [1.82, 2.24) is 19.8 Å². The zero-order valence-electron chi connectivity index (χ0n) is 15.4. The minimum atomic E-state index is -0.455. The summed E-state index contributed by atoms with van der Waals surface area (Å²) in [7, 11) is 0. The van der Waals surface area contributed by atoms with Crippen molar-refractivity contribution in [2.24, 2.45) is 0 Å². The average molecular weight is 387 g/mol. The van der Waals surface area contributed by atoms with Gasteiger partial charge in [0.2, 0.25) is 10.9 Å². The molecule has 0 spiro atoms. The maximum absolute atomic E-state index is 12.3. The molecule has 0 bridgehead atoms. The molecule has 3 aromatic rings. The highest BCUT2D eigenvalue weighted by atomic mass is 32.1. The van der Waals surface area contributed by atoms with E-state index >= 15 is 0 Å². The lowest BCUT2D eigenvalue weighted by atomic mass is 10.1. The Kier molecular flexibility index (Phi) is 5.80. The number of carbonyl (C=O) groups is 2. The van der Waals surface area contributed by atoms with Gasteiger partial charge in [0, 0.05) is 18.8 Å². The number of benzene rings is 1. The third kappa shape index (κ3) is 4.30. The van der Waals surface area contributed by atoms with E-state index in [0.29, 0.717) is 17.7 Å². The van der Waals surface area contributed by atoms with E-state index in [2.05, 4.69) is 20.6 Å². The predicted molar refractivity (Wildman–Crippen MR) is 102 cm³/mol. The lowest BCUT2D eigenvalue weighted by molar-refractivity contribution is -0.116. The minimum Gasteiger partial charge on any atom is -0.462 e. The first-order chi connectivity index (χ1) is 13.0. The van der Waals surface area contributed by atoms with Gasteiger partial charge in [-0.3, -0.25) is 4.79 Å². The molecule has 0 radical (unpaired) electrons. The molecule has 0 unspecified atom stereocenters. The molecule has 1 N–H and O–H groups in total. The number of ether oxygens (including phenoxy) is 1. The van der Waals surface area contributed by atoms with Crippen LogP contribution in [0.25, 0.3) is 4.96 Å². The van der Waals surface area contributed by atoms with Gasteiger partial charge in [0.05, 0.1) is 17.9 Å². The summed E-state index contributed by atoms with van der Waals surface area (Å²) in [6.45, 7) is 6.08.